The number of ether oxygens (including phenoxy) is 2. The normalized spacial score (nSPS) is 10.8. The van der Waals surface area contributed by atoms with Gasteiger partial charge in [0.25, 0.3) is 0 Å². The molecule has 0 bridgehead atoms. The molecule has 0 radical (unpaired) electrons. The topological polar surface area (TPSA) is 74.2 Å². The highest BCUT2D eigenvalue weighted by molar-refractivity contribution is 7.98. The predicted octanol–water partition coefficient (Wildman–Crippen LogP) is 4.62. The van der Waals surface area contributed by atoms with E-state index in [1.807, 2.05) is 49.7 Å². The third-order valence-corrected chi connectivity index (χ3v) is 5.90. The quantitative estimate of drug-likeness (QED) is 0.294. The molecular weight excluding hydrogens is 406 g/mol. The summed E-state index contributed by atoms with van der Waals surface area (Å²) in [5.74, 6) is 0.527. The molecule has 1 aromatic carbocycles. The van der Waals surface area contributed by atoms with Gasteiger partial charge in [0, 0.05) is 28.8 Å². The lowest BCUT2D eigenvalue weighted by Crippen LogP contribution is -2.09. The Morgan fingerprint density at radius 3 is 2.62 bits per heavy atom. The smallest absolute Gasteiger partial charge is 0.306 e. The van der Waals surface area contributed by atoms with Crippen molar-refractivity contribution in [2.24, 2.45) is 0 Å². The average molecular weight is 430 g/mol. The fourth-order valence-electron chi connectivity index (χ4n) is 2.88. The molecule has 0 spiro atoms. The van der Waals surface area contributed by atoms with E-state index in [9.17, 15) is 4.79 Å². The molecule has 2 heterocycles. The monoisotopic (exact) mass is 429 g/mol. The van der Waals surface area contributed by atoms with Gasteiger partial charge in [-0.1, -0.05) is 23.9 Å². The van der Waals surface area contributed by atoms with Crippen molar-refractivity contribution in [2.45, 2.75) is 38.5 Å². The van der Waals surface area contributed by atoms with Gasteiger partial charge in [0.1, 0.15) is 17.4 Å². The molecule has 0 atom stereocenters. The van der Waals surface area contributed by atoms with Crippen molar-refractivity contribution < 1.29 is 14.3 Å². The summed E-state index contributed by atoms with van der Waals surface area (Å²) in [7, 11) is 1.64. The van der Waals surface area contributed by atoms with Crippen molar-refractivity contribution in [3.8, 4) is 16.3 Å². The molecule has 2 aromatic heterocycles. The lowest BCUT2D eigenvalue weighted by Gasteiger charge is -2.09. The molecule has 0 amide bonds. The van der Waals surface area contributed by atoms with Crippen molar-refractivity contribution in [3.05, 3.63) is 52.3 Å². The standard InChI is InChI=1S/C21H23N3O3S2/c1-13-18(14(2)23-21(22-13)28-4)8-9-19(25)27-11-16-12-29-20(24-16)15-6-5-7-17(10-15)26-3/h5-7,10,12H,8-9,11H2,1-4H3. The highest BCUT2D eigenvalue weighted by atomic mass is 32.2. The molecule has 0 saturated heterocycles. The SMILES string of the molecule is COc1cccc(-c2nc(COC(=O)CCc3c(C)nc(SC)nc3C)cs2)c1. The Bertz CT molecular complexity index is 981. The van der Waals surface area contributed by atoms with Gasteiger partial charge in [-0.3, -0.25) is 4.79 Å². The first-order valence-corrected chi connectivity index (χ1v) is 11.2. The first kappa shape index (κ1) is 21.3. The number of esters is 1. The van der Waals surface area contributed by atoms with Crippen LogP contribution in [0.3, 0.4) is 0 Å². The molecule has 0 aliphatic rings. The number of carbonyl (C=O) groups is 1. The van der Waals surface area contributed by atoms with Gasteiger partial charge in [0.15, 0.2) is 5.16 Å². The largest absolute Gasteiger partial charge is 0.497 e. The van der Waals surface area contributed by atoms with Gasteiger partial charge in [-0.25, -0.2) is 15.0 Å². The Morgan fingerprint density at radius 1 is 1.17 bits per heavy atom. The number of aromatic nitrogens is 3. The lowest BCUT2D eigenvalue weighted by molar-refractivity contribution is -0.145. The zero-order valence-electron chi connectivity index (χ0n) is 16.9. The van der Waals surface area contributed by atoms with Crippen molar-refractivity contribution in [1.82, 2.24) is 15.0 Å². The van der Waals surface area contributed by atoms with E-state index in [1.54, 1.807) is 7.11 Å². The molecule has 3 rings (SSSR count). The first-order valence-electron chi connectivity index (χ1n) is 9.12. The number of aryl methyl sites for hydroxylation is 2. The zero-order valence-corrected chi connectivity index (χ0v) is 18.5. The van der Waals surface area contributed by atoms with Crippen molar-refractivity contribution in [3.63, 3.8) is 0 Å². The average Bonchev–Trinajstić information content (AvgIpc) is 3.20. The van der Waals surface area contributed by atoms with Crippen molar-refractivity contribution in [1.29, 1.82) is 0 Å². The van der Waals surface area contributed by atoms with E-state index < -0.39 is 0 Å². The number of rotatable bonds is 8. The van der Waals surface area contributed by atoms with Crippen LogP contribution in [0.1, 0.15) is 29.1 Å². The number of nitrogens with zero attached hydrogens (tertiary/aromatic N) is 3. The van der Waals surface area contributed by atoms with Crippen LogP contribution in [0.2, 0.25) is 0 Å². The van der Waals surface area contributed by atoms with Crippen LogP contribution in [0.25, 0.3) is 10.6 Å². The lowest BCUT2D eigenvalue weighted by atomic mass is 10.1. The number of carbonyl (C=O) groups excluding carboxylic acids is 1. The summed E-state index contributed by atoms with van der Waals surface area (Å²) in [6, 6.07) is 7.73. The number of thioether (sulfide) groups is 1. The molecule has 29 heavy (non-hydrogen) atoms. The third-order valence-electron chi connectivity index (χ3n) is 4.41. The summed E-state index contributed by atoms with van der Waals surface area (Å²) in [5.41, 5.74) is 4.55. The second-order valence-corrected chi connectivity index (χ2v) is 8.03. The van der Waals surface area contributed by atoms with Gasteiger partial charge in [-0.2, -0.15) is 0 Å². The fourth-order valence-corrected chi connectivity index (χ4v) is 4.14. The summed E-state index contributed by atoms with van der Waals surface area (Å²) >= 11 is 3.03. The molecule has 6 nitrogen and oxygen atoms in total. The minimum atomic E-state index is -0.256. The number of methoxy groups -OCH3 is 1. The Morgan fingerprint density at radius 2 is 1.93 bits per heavy atom. The zero-order chi connectivity index (χ0) is 20.8. The maximum absolute atomic E-state index is 12.2. The Balaban J connectivity index is 1.54. The minimum absolute atomic E-state index is 0.166. The predicted molar refractivity (Wildman–Crippen MR) is 116 cm³/mol. The van der Waals surface area contributed by atoms with E-state index in [1.165, 1.54) is 23.1 Å². The molecule has 0 fully saturated rings. The van der Waals surface area contributed by atoms with Crippen LogP contribution in [0.4, 0.5) is 0 Å². The summed E-state index contributed by atoms with van der Waals surface area (Å²) in [4.78, 5) is 25.6. The van der Waals surface area contributed by atoms with Crippen LogP contribution < -0.4 is 4.74 Å². The highest BCUT2D eigenvalue weighted by Gasteiger charge is 2.12. The van der Waals surface area contributed by atoms with E-state index >= 15 is 0 Å². The summed E-state index contributed by atoms with van der Waals surface area (Å²) < 4.78 is 10.7. The molecular formula is C21H23N3O3S2. The van der Waals surface area contributed by atoms with Crippen LogP contribution in [0.15, 0.2) is 34.8 Å². The Labute approximate surface area is 178 Å². The Kier molecular flexibility index (Phi) is 7.22. The number of hydrogen-bond donors (Lipinski definition) is 0. The summed E-state index contributed by atoms with van der Waals surface area (Å²) in [6.45, 7) is 4.06. The van der Waals surface area contributed by atoms with Gasteiger partial charge >= 0.3 is 5.97 Å². The van der Waals surface area contributed by atoms with Crippen LogP contribution in [-0.4, -0.2) is 34.3 Å². The molecule has 8 heteroatoms. The molecule has 0 aliphatic carbocycles. The van der Waals surface area contributed by atoms with Gasteiger partial charge in [-0.15, -0.1) is 11.3 Å². The maximum atomic E-state index is 12.2. The first-order chi connectivity index (χ1) is 14.0. The number of hydrogen-bond acceptors (Lipinski definition) is 8. The molecule has 0 saturated carbocycles. The van der Waals surface area contributed by atoms with E-state index in [0.29, 0.717) is 6.42 Å². The van der Waals surface area contributed by atoms with Crippen LogP contribution in [0.5, 0.6) is 5.75 Å². The van der Waals surface area contributed by atoms with E-state index in [-0.39, 0.29) is 19.0 Å². The molecule has 0 unspecified atom stereocenters. The summed E-state index contributed by atoms with van der Waals surface area (Å²) in [5, 5.41) is 3.53. The molecule has 152 valence electrons. The molecule has 0 N–H and O–H groups in total. The van der Waals surface area contributed by atoms with Crippen LogP contribution >= 0.6 is 23.1 Å². The molecule has 0 aliphatic heterocycles. The van der Waals surface area contributed by atoms with Crippen LogP contribution in [-0.2, 0) is 22.6 Å². The van der Waals surface area contributed by atoms with Gasteiger partial charge in [0.2, 0.25) is 0 Å². The van der Waals surface area contributed by atoms with Gasteiger partial charge in [0.05, 0.1) is 12.8 Å². The minimum Gasteiger partial charge on any atom is -0.497 e. The number of benzene rings is 1. The fraction of sp³-hybridized carbons (Fsp3) is 0.333. The second-order valence-electron chi connectivity index (χ2n) is 6.40. The van der Waals surface area contributed by atoms with Gasteiger partial charge < -0.3 is 9.47 Å². The molecule has 3 aromatic rings. The highest BCUT2D eigenvalue weighted by Crippen LogP contribution is 2.27. The second kappa shape index (κ2) is 9.84. The van der Waals surface area contributed by atoms with Crippen molar-refractivity contribution >= 4 is 29.1 Å². The Hall–Kier alpha value is -2.45. The maximum Gasteiger partial charge on any atom is 0.306 e. The van der Waals surface area contributed by atoms with E-state index in [4.69, 9.17) is 9.47 Å². The van der Waals surface area contributed by atoms with Crippen LogP contribution in [0, 0.1) is 13.8 Å². The number of thiazole rings is 1. The van der Waals surface area contributed by atoms with E-state index in [0.717, 1.165) is 44.1 Å². The third kappa shape index (κ3) is 5.55. The van der Waals surface area contributed by atoms with Gasteiger partial charge in [-0.05, 0) is 44.2 Å². The van der Waals surface area contributed by atoms with Crippen molar-refractivity contribution in [2.75, 3.05) is 13.4 Å². The van der Waals surface area contributed by atoms with E-state index in [2.05, 4.69) is 15.0 Å². The summed E-state index contributed by atoms with van der Waals surface area (Å²) in [6.07, 6.45) is 2.80.